The van der Waals surface area contributed by atoms with Crippen LogP contribution in [-0.2, 0) is 4.79 Å². The summed E-state index contributed by atoms with van der Waals surface area (Å²) in [6.45, 7) is 5.52. The first-order chi connectivity index (χ1) is 12.1. The molecule has 0 aromatic heterocycles. The van der Waals surface area contributed by atoms with Crippen LogP contribution in [0.4, 0.5) is 0 Å². The highest BCUT2D eigenvalue weighted by Gasteiger charge is 2.78. The minimum Gasteiger partial charge on any atom is -0.396 e. The molecule has 0 radical (unpaired) electrons. The molecule has 10 atom stereocenters. The molecule has 4 aliphatic rings. The van der Waals surface area contributed by atoms with E-state index in [-0.39, 0.29) is 42.5 Å². The van der Waals surface area contributed by atoms with Crippen molar-refractivity contribution in [3.05, 3.63) is 0 Å². The first kappa shape index (κ1) is 18.8. The molecule has 0 aromatic carbocycles. The number of fused-ring (bicyclic) bond motifs is 3. The molecule has 0 unspecified atom stereocenters. The number of hydrogen-bond donors (Lipinski definition) is 5. The van der Waals surface area contributed by atoms with Crippen molar-refractivity contribution in [1.82, 2.24) is 0 Å². The second-order valence-corrected chi connectivity index (χ2v) is 10.1. The molecule has 1 spiro atoms. The van der Waals surface area contributed by atoms with Crippen LogP contribution in [0.5, 0.6) is 0 Å². The van der Waals surface area contributed by atoms with Crippen LogP contribution in [0, 0.1) is 39.9 Å². The van der Waals surface area contributed by atoms with Gasteiger partial charge >= 0.3 is 0 Å². The summed E-state index contributed by atoms with van der Waals surface area (Å²) in [6.07, 6.45) is -2.21. The van der Waals surface area contributed by atoms with E-state index in [0.717, 1.165) is 6.42 Å². The number of ketones is 1. The van der Waals surface area contributed by atoms with Gasteiger partial charge in [0.05, 0.1) is 36.4 Å². The fourth-order valence-electron chi connectivity index (χ4n) is 7.74. The van der Waals surface area contributed by atoms with E-state index >= 15 is 0 Å². The number of carbonyl (C=O) groups is 1. The molecule has 6 heteroatoms. The quantitative estimate of drug-likeness (QED) is 0.448. The highest BCUT2D eigenvalue weighted by atomic mass is 16.3. The molecule has 0 aliphatic heterocycles. The molecular weight excluding hydrogens is 336 g/mol. The number of aliphatic hydroxyl groups excluding tert-OH is 5. The Balaban J connectivity index is 1.97. The molecule has 26 heavy (non-hydrogen) atoms. The van der Waals surface area contributed by atoms with E-state index in [2.05, 4.69) is 13.8 Å². The molecule has 2 bridgehead atoms. The fourth-order valence-corrected chi connectivity index (χ4v) is 7.74. The summed E-state index contributed by atoms with van der Waals surface area (Å²) in [6, 6.07) is 0. The highest BCUT2D eigenvalue weighted by molar-refractivity contribution is 5.92. The third-order valence-electron chi connectivity index (χ3n) is 8.93. The lowest BCUT2D eigenvalue weighted by Gasteiger charge is -2.67. The number of aliphatic hydroxyl groups is 5. The monoisotopic (exact) mass is 368 g/mol. The van der Waals surface area contributed by atoms with Crippen molar-refractivity contribution in [1.29, 1.82) is 0 Å². The average Bonchev–Trinajstić information content (AvgIpc) is 2.70. The summed E-state index contributed by atoms with van der Waals surface area (Å²) in [5, 5.41) is 54.9. The molecule has 148 valence electrons. The molecule has 0 saturated heterocycles. The Morgan fingerprint density at radius 2 is 1.73 bits per heavy atom. The third-order valence-corrected chi connectivity index (χ3v) is 8.93. The number of hydrogen-bond acceptors (Lipinski definition) is 6. The van der Waals surface area contributed by atoms with Gasteiger partial charge in [0, 0.05) is 17.3 Å². The topological polar surface area (TPSA) is 118 Å². The molecule has 0 amide bonds. The molecule has 4 rings (SSSR count). The van der Waals surface area contributed by atoms with Crippen molar-refractivity contribution in [2.24, 2.45) is 39.9 Å². The Hall–Kier alpha value is -0.530. The zero-order valence-corrected chi connectivity index (χ0v) is 15.8. The minimum atomic E-state index is -1.49. The second-order valence-electron chi connectivity index (χ2n) is 10.1. The van der Waals surface area contributed by atoms with Gasteiger partial charge in [-0.15, -0.1) is 0 Å². The Labute approximate surface area is 154 Å². The lowest BCUT2D eigenvalue weighted by Crippen LogP contribution is -2.74. The van der Waals surface area contributed by atoms with Crippen molar-refractivity contribution in [3.63, 3.8) is 0 Å². The van der Waals surface area contributed by atoms with E-state index in [9.17, 15) is 30.3 Å². The van der Waals surface area contributed by atoms with E-state index < -0.39 is 47.1 Å². The van der Waals surface area contributed by atoms with Gasteiger partial charge in [-0.05, 0) is 42.9 Å². The van der Waals surface area contributed by atoms with Crippen LogP contribution in [0.3, 0.4) is 0 Å². The van der Waals surface area contributed by atoms with Crippen LogP contribution in [0.15, 0.2) is 0 Å². The van der Waals surface area contributed by atoms with E-state index in [1.807, 2.05) is 0 Å². The molecule has 4 fully saturated rings. The number of Topliss-reactive ketones (excluding diaryl/α,β-unsaturated/α-hetero) is 1. The van der Waals surface area contributed by atoms with Crippen molar-refractivity contribution in [2.75, 3.05) is 6.61 Å². The highest BCUT2D eigenvalue weighted by Crippen LogP contribution is 2.71. The van der Waals surface area contributed by atoms with Crippen LogP contribution in [0.2, 0.25) is 0 Å². The van der Waals surface area contributed by atoms with Gasteiger partial charge in [-0.3, -0.25) is 4.79 Å². The SMILES string of the molecule is C[C@H]1C(=O)[C@@]23[C@H](O)C[C@@H]4C(C)(C)CC[C@@H](O)[C@@]4(CO)[C@@H]2[C@@H](O)C[C@@H]1[C@H]3O. The molecular formula is C20H32O6. The summed E-state index contributed by atoms with van der Waals surface area (Å²) >= 11 is 0. The lowest BCUT2D eigenvalue weighted by molar-refractivity contribution is -0.288. The van der Waals surface area contributed by atoms with E-state index in [4.69, 9.17) is 0 Å². The molecule has 4 saturated carbocycles. The van der Waals surface area contributed by atoms with E-state index in [1.165, 1.54) is 0 Å². The van der Waals surface area contributed by atoms with Crippen LogP contribution in [0.25, 0.3) is 0 Å². The summed E-state index contributed by atoms with van der Waals surface area (Å²) in [5.74, 6) is -2.13. The predicted molar refractivity (Wildman–Crippen MR) is 92.9 cm³/mol. The standard InChI is InChI=1S/C20H32O6/c1-9-10-6-11(22)15-19(8-21)12(18(2,3)5-4-13(19)23)7-14(24)20(15,16(9)25)17(10)26/h9-15,17,21-24,26H,4-8H2,1-3H3/t9-,10+,11+,12-,13-,14-,15+,17-,19+,20-/m1/s1. The number of rotatable bonds is 1. The van der Waals surface area contributed by atoms with Crippen molar-refractivity contribution < 1.29 is 30.3 Å². The Morgan fingerprint density at radius 1 is 1.08 bits per heavy atom. The van der Waals surface area contributed by atoms with Crippen LogP contribution < -0.4 is 0 Å². The van der Waals surface area contributed by atoms with Gasteiger partial charge < -0.3 is 25.5 Å². The predicted octanol–water partition coefficient (Wildman–Crippen LogP) is 0.0899. The van der Waals surface area contributed by atoms with E-state index in [0.29, 0.717) is 6.42 Å². The maximum absolute atomic E-state index is 13.3. The summed E-state index contributed by atoms with van der Waals surface area (Å²) in [5.41, 5.74) is -2.83. The molecule has 4 aliphatic carbocycles. The average molecular weight is 368 g/mol. The van der Waals surface area contributed by atoms with Gasteiger partial charge in [-0.25, -0.2) is 0 Å². The van der Waals surface area contributed by atoms with Gasteiger partial charge in [0.2, 0.25) is 0 Å². The summed E-state index contributed by atoms with van der Waals surface area (Å²) in [4.78, 5) is 13.3. The number of carbonyl (C=O) groups excluding carboxylic acids is 1. The first-order valence-corrected chi connectivity index (χ1v) is 9.94. The van der Waals surface area contributed by atoms with Crippen molar-refractivity contribution >= 4 is 5.78 Å². The maximum Gasteiger partial charge on any atom is 0.147 e. The minimum absolute atomic E-state index is 0.217. The van der Waals surface area contributed by atoms with E-state index in [1.54, 1.807) is 6.92 Å². The Kier molecular flexibility index (Phi) is 3.99. The largest absolute Gasteiger partial charge is 0.396 e. The van der Waals surface area contributed by atoms with Crippen molar-refractivity contribution in [3.8, 4) is 0 Å². The van der Waals surface area contributed by atoms with Crippen molar-refractivity contribution in [2.45, 2.75) is 70.9 Å². The Bertz CT molecular complexity index is 619. The van der Waals surface area contributed by atoms with Gasteiger partial charge in [-0.2, -0.15) is 0 Å². The Morgan fingerprint density at radius 3 is 2.35 bits per heavy atom. The summed E-state index contributed by atoms with van der Waals surface area (Å²) in [7, 11) is 0. The van der Waals surface area contributed by atoms with Gasteiger partial charge in [-0.1, -0.05) is 20.8 Å². The molecule has 6 nitrogen and oxygen atoms in total. The van der Waals surface area contributed by atoms with Gasteiger partial charge in [0.15, 0.2) is 0 Å². The van der Waals surface area contributed by atoms with Crippen LogP contribution in [0.1, 0.15) is 46.5 Å². The normalized spacial score (nSPS) is 58.2. The molecule has 0 aromatic rings. The molecule has 5 N–H and O–H groups in total. The second kappa shape index (κ2) is 5.51. The van der Waals surface area contributed by atoms with Crippen LogP contribution >= 0.6 is 0 Å². The maximum atomic E-state index is 13.3. The zero-order chi connectivity index (χ0) is 19.2. The van der Waals surface area contributed by atoms with Gasteiger partial charge in [0.25, 0.3) is 0 Å². The molecule has 0 heterocycles. The lowest BCUT2D eigenvalue weighted by atomic mass is 9.38. The first-order valence-electron chi connectivity index (χ1n) is 9.94. The zero-order valence-electron chi connectivity index (χ0n) is 15.8. The summed E-state index contributed by atoms with van der Waals surface area (Å²) < 4.78 is 0. The van der Waals surface area contributed by atoms with Gasteiger partial charge in [0.1, 0.15) is 5.78 Å². The fraction of sp³-hybridized carbons (Fsp3) is 0.950. The smallest absolute Gasteiger partial charge is 0.147 e. The third kappa shape index (κ3) is 1.83. The van der Waals surface area contributed by atoms with Crippen LogP contribution in [-0.4, -0.2) is 62.3 Å².